The van der Waals surface area contributed by atoms with E-state index in [9.17, 15) is 29.8 Å². The maximum absolute atomic E-state index is 14.1. The van der Waals surface area contributed by atoms with E-state index in [1.807, 2.05) is 42.5 Å². The third-order valence-electron chi connectivity index (χ3n) is 9.34. The summed E-state index contributed by atoms with van der Waals surface area (Å²) < 4.78 is 12.4. The Balaban J connectivity index is 1.33. The van der Waals surface area contributed by atoms with Crippen LogP contribution in [0.1, 0.15) is 38.2 Å². The van der Waals surface area contributed by atoms with Gasteiger partial charge in [0.25, 0.3) is 0 Å². The number of carbonyl (C=O) groups is 2. The van der Waals surface area contributed by atoms with Gasteiger partial charge in [0.1, 0.15) is 18.1 Å². The van der Waals surface area contributed by atoms with Gasteiger partial charge < -0.3 is 29.6 Å². The maximum atomic E-state index is 14.1. The third-order valence-corrected chi connectivity index (χ3v) is 9.34. The summed E-state index contributed by atoms with van der Waals surface area (Å²) in [7, 11) is -2.85. The van der Waals surface area contributed by atoms with Gasteiger partial charge in [-0.3, -0.25) is 14.5 Å². The number of rotatable bonds is 10. The minimum absolute atomic E-state index is 0.175. The van der Waals surface area contributed by atoms with Crippen molar-refractivity contribution in [2.45, 2.75) is 45.0 Å². The zero-order chi connectivity index (χ0) is 32.4. The SMILES string of the molecule is CC/C(=C\c1ccc(O)cc1)CC[C@H]1OB(O)C[C@H]2C1=C(COc1ccccc1)C[C@H]1C(=O)N(c3cccc(B(O)O)c3)C(=O)[C@H]12. The second kappa shape index (κ2) is 13.7. The van der Waals surface area contributed by atoms with Crippen molar-refractivity contribution in [3.8, 4) is 11.5 Å². The van der Waals surface area contributed by atoms with Crippen LogP contribution in [0.25, 0.3) is 6.08 Å². The lowest BCUT2D eigenvalue weighted by molar-refractivity contribution is -0.122. The molecule has 0 saturated carbocycles. The lowest BCUT2D eigenvalue weighted by atomic mass is 9.58. The third kappa shape index (κ3) is 6.55. The average Bonchev–Trinajstić information content (AvgIpc) is 3.31. The summed E-state index contributed by atoms with van der Waals surface area (Å²) >= 11 is 0. The molecule has 2 amide bonds. The van der Waals surface area contributed by atoms with Crippen molar-refractivity contribution < 1.29 is 39.2 Å². The van der Waals surface area contributed by atoms with Crippen LogP contribution in [0.2, 0.25) is 6.32 Å². The van der Waals surface area contributed by atoms with Gasteiger partial charge in [0.15, 0.2) is 0 Å². The number of benzene rings is 3. The molecule has 3 aliphatic rings. The molecule has 4 N–H and O–H groups in total. The zero-order valence-corrected chi connectivity index (χ0v) is 25.7. The summed E-state index contributed by atoms with van der Waals surface area (Å²) in [6.45, 7) is 2.30. The van der Waals surface area contributed by atoms with Crippen LogP contribution in [0.5, 0.6) is 11.5 Å². The molecule has 2 aliphatic heterocycles. The summed E-state index contributed by atoms with van der Waals surface area (Å²) in [5, 5.41) is 40.1. The van der Waals surface area contributed by atoms with E-state index in [-0.39, 0.29) is 41.6 Å². The lowest BCUT2D eigenvalue weighted by Crippen LogP contribution is -2.46. The van der Waals surface area contributed by atoms with E-state index in [1.165, 1.54) is 17.7 Å². The number of anilines is 1. The van der Waals surface area contributed by atoms with Crippen molar-refractivity contribution in [1.29, 1.82) is 0 Å². The van der Waals surface area contributed by atoms with E-state index in [0.29, 0.717) is 25.0 Å². The molecular weight excluding hydrogens is 584 g/mol. The lowest BCUT2D eigenvalue weighted by Gasteiger charge is -2.43. The predicted octanol–water partition coefficient (Wildman–Crippen LogP) is 3.73. The Kier molecular flexibility index (Phi) is 9.47. The maximum Gasteiger partial charge on any atom is 0.488 e. The first-order chi connectivity index (χ1) is 22.2. The largest absolute Gasteiger partial charge is 0.508 e. The highest BCUT2D eigenvalue weighted by Crippen LogP contribution is 2.51. The molecule has 4 atom stereocenters. The molecule has 2 saturated heterocycles. The van der Waals surface area contributed by atoms with Gasteiger partial charge in [-0.25, -0.2) is 0 Å². The van der Waals surface area contributed by atoms with Crippen molar-refractivity contribution in [3.63, 3.8) is 0 Å². The van der Waals surface area contributed by atoms with Crippen molar-refractivity contribution in [2.24, 2.45) is 17.8 Å². The molecule has 9 nitrogen and oxygen atoms in total. The number of phenols is 1. The Hall–Kier alpha value is -4.15. The second-order valence-corrected chi connectivity index (χ2v) is 12.2. The molecule has 3 aromatic rings. The van der Waals surface area contributed by atoms with Crippen molar-refractivity contribution >= 4 is 43.3 Å². The monoisotopic (exact) mass is 621 g/mol. The molecule has 3 aromatic carbocycles. The summed E-state index contributed by atoms with van der Waals surface area (Å²) in [5.74, 6) is -1.59. The highest BCUT2D eigenvalue weighted by molar-refractivity contribution is 6.58. The predicted molar refractivity (Wildman–Crippen MR) is 176 cm³/mol. The second-order valence-electron chi connectivity index (χ2n) is 12.2. The first kappa shape index (κ1) is 31.8. The molecule has 0 radical (unpaired) electrons. The van der Waals surface area contributed by atoms with Gasteiger partial charge in [0, 0.05) is 0 Å². The number of fused-ring (bicyclic) bond motifs is 3. The summed E-state index contributed by atoms with van der Waals surface area (Å²) in [6.07, 6.45) is 4.15. The van der Waals surface area contributed by atoms with Crippen molar-refractivity contribution in [3.05, 3.63) is 101 Å². The fourth-order valence-corrected chi connectivity index (χ4v) is 7.14. The highest BCUT2D eigenvalue weighted by Gasteiger charge is 2.57. The molecule has 6 rings (SSSR count). The molecule has 0 bridgehead atoms. The first-order valence-corrected chi connectivity index (χ1v) is 15.8. The Labute approximate surface area is 269 Å². The standard InChI is InChI=1S/C35H37B2NO8/c1-2-22(17-23-11-14-27(39)15-12-23)13-16-31-32-24(21-45-28-9-4-3-5-10-28)18-29-33(30(32)20-36(42)46-31)35(41)38(34(29)40)26-8-6-7-25(19-26)37(43)44/h3-12,14-15,17,19,29-31,33,39,42-44H,2,13,16,18,20-21H2,1H3/b22-17+/t29-,30+,31-,33-/m1/s1. The number of aromatic hydroxyl groups is 1. The summed E-state index contributed by atoms with van der Waals surface area (Å²) in [4.78, 5) is 29.2. The van der Waals surface area contributed by atoms with Gasteiger partial charge in [-0.05, 0) is 96.5 Å². The number of para-hydroxylation sites is 1. The van der Waals surface area contributed by atoms with Crippen LogP contribution in [-0.2, 0) is 14.2 Å². The molecule has 0 unspecified atom stereocenters. The van der Waals surface area contributed by atoms with Crippen molar-refractivity contribution in [1.82, 2.24) is 0 Å². The Bertz CT molecular complexity index is 1640. The smallest absolute Gasteiger partial charge is 0.488 e. The normalized spacial score (nSPS) is 23.0. The van der Waals surface area contributed by atoms with Crippen LogP contribution in [-0.4, -0.2) is 58.9 Å². The van der Waals surface area contributed by atoms with E-state index >= 15 is 0 Å². The minimum atomic E-state index is -1.74. The number of hydrogen-bond acceptors (Lipinski definition) is 8. The Morgan fingerprint density at radius 2 is 1.78 bits per heavy atom. The molecule has 2 heterocycles. The molecule has 46 heavy (non-hydrogen) atoms. The molecule has 1 aliphatic carbocycles. The van der Waals surface area contributed by atoms with Gasteiger partial charge >= 0.3 is 14.2 Å². The van der Waals surface area contributed by atoms with Crippen LogP contribution in [0, 0.1) is 17.8 Å². The van der Waals surface area contributed by atoms with Crippen LogP contribution >= 0.6 is 0 Å². The summed E-state index contributed by atoms with van der Waals surface area (Å²) in [5.41, 5.74) is 4.43. The summed E-state index contributed by atoms with van der Waals surface area (Å²) in [6, 6.07) is 22.6. The number of ether oxygens (including phenoxy) is 1. The van der Waals surface area contributed by atoms with Crippen LogP contribution in [0.15, 0.2) is 95.6 Å². The minimum Gasteiger partial charge on any atom is -0.508 e. The zero-order valence-electron chi connectivity index (χ0n) is 25.7. The number of phenolic OH excluding ortho intramolecular Hbond substituents is 1. The van der Waals surface area contributed by atoms with Crippen LogP contribution in [0.4, 0.5) is 5.69 Å². The van der Waals surface area contributed by atoms with Gasteiger partial charge in [-0.2, -0.15) is 0 Å². The van der Waals surface area contributed by atoms with Gasteiger partial charge in [-0.1, -0.05) is 61.0 Å². The van der Waals surface area contributed by atoms with Crippen LogP contribution in [0.3, 0.4) is 0 Å². The number of imide groups is 1. The van der Waals surface area contributed by atoms with E-state index in [2.05, 4.69) is 13.0 Å². The fraction of sp³-hybridized carbons (Fsp3) is 0.314. The number of nitrogens with zero attached hydrogens (tertiary/aromatic N) is 1. The average molecular weight is 621 g/mol. The number of carbonyl (C=O) groups excluding carboxylic acids is 2. The topological polar surface area (TPSA) is 137 Å². The number of allylic oxidation sites excluding steroid dienone is 1. The van der Waals surface area contributed by atoms with Gasteiger partial charge in [-0.15, -0.1) is 0 Å². The first-order valence-electron chi connectivity index (χ1n) is 15.8. The molecule has 0 spiro atoms. The highest BCUT2D eigenvalue weighted by atomic mass is 16.5. The van der Waals surface area contributed by atoms with E-state index in [4.69, 9.17) is 9.39 Å². The molecule has 2 fully saturated rings. The molecular formula is C35H37B2NO8. The van der Waals surface area contributed by atoms with Gasteiger partial charge in [0.05, 0.1) is 23.6 Å². The Morgan fingerprint density at radius 3 is 2.50 bits per heavy atom. The fourth-order valence-electron chi connectivity index (χ4n) is 7.14. The number of amides is 2. The molecule has 0 aromatic heterocycles. The quantitative estimate of drug-likeness (QED) is 0.153. The van der Waals surface area contributed by atoms with Gasteiger partial charge in [0.2, 0.25) is 11.8 Å². The number of hydrogen-bond donors (Lipinski definition) is 4. The molecule has 11 heteroatoms. The Morgan fingerprint density at radius 1 is 1.02 bits per heavy atom. The van der Waals surface area contributed by atoms with E-state index < -0.39 is 38.1 Å². The van der Waals surface area contributed by atoms with E-state index in [0.717, 1.165) is 28.0 Å². The molecule has 236 valence electrons. The van der Waals surface area contributed by atoms with Crippen molar-refractivity contribution in [2.75, 3.05) is 11.5 Å². The van der Waals surface area contributed by atoms with E-state index in [1.54, 1.807) is 24.3 Å². The van der Waals surface area contributed by atoms with Crippen LogP contribution < -0.4 is 15.1 Å².